The lowest BCUT2D eigenvalue weighted by Crippen LogP contribution is -2.54. The molecular weight excluding hydrogens is 494 g/mol. The molecule has 0 bridgehead atoms. The quantitative estimate of drug-likeness (QED) is 0.527. The summed E-state index contributed by atoms with van der Waals surface area (Å²) in [6, 6.07) is 4.05. The molecule has 2 N–H and O–H groups in total. The van der Waals surface area contributed by atoms with Crippen LogP contribution in [-0.4, -0.2) is 80.7 Å². The van der Waals surface area contributed by atoms with Crippen molar-refractivity contribution in [3.8, 4) is 17.2 Å². The van der Waals surface area contributed by atoms with Gasteiger partial charge in [-0.15, -0.1) is 8.78 Å². The lowest BCUT2D eigenvalue weighted by atomic mass is 10.0. The van der Waals surface area contributed by atoms with E-state index >= 15 is 0 Å². The number of hydrogen-bond donors (Lipinski definition) is 2. The van der Waals surface area contributed by atoms with Gasteiger partial charge in [-0.25, -0.2) is 9.78 Å². The summed E-state index contributed by atoms with van der Waals surface area (Å²) in [4.78, 5) is 32.6. The largest absolute Gasteiger partial charge is 0.586 e. The number of halogens is 2. The van der Waals surface area contributed by atoms with Gasteiger partial charge in [0.2, 0.25) is 0 Å². The molecular formula is C24H26F2N4O7. The van der Waals surface area contributed by atoms with E-state index < -0.39 is 18.2 Å². The predicted octanol–water partition coefficient (Wildman–Crippen LogP) is 2.73. The smallest absolute Gasteiger partial charge is 0.496 e. The average molecular weight is 520 g/mol. The van der Waals surface area contributed by atoms with E-state index in [0.29, 0.717) is 25.1 Å². The van der Waals surface area contributed by atoms with Gasteiger partial charge in [-0.2, -0.15) is 0 Å². The van der Waals surface area contributed by atoms with Crippen LogP contribution in [0.15, 0.2) is 24.4 Å². The standard InChI is InChI=1S/C24H26F2N4O7/c1-33-17-5-6-27-21(28-13-4-3-7-30(10-13)14-11-35-12-14)20(17)22(31)29-16-9-19-18(36-24(25,26)37-19)8-15(16)23(32)34-2/h5-6,8-9,13-14H,3-4,7,10-12H2,1-2H3,(H,27,28)(H,29,31)/t13-/m1/s1. The summed E-state index contributed by atoms with van der Waals surface area (Å²) in [5, 5.41) is 5.94. The number of rotatable bonds is 7. The van der Waals surface area contributed by atoms with Crippen molar-refractivity contribution in [1.82, 2.24) is 9.88 Å². The zero-order valence-electron chi connectivity index (χ0n) is 20.2. The predicted molar refractivity (Wildman–Crippen MR) is 126 cm³/mol. The number of ether oxygens (including phenoxy) is 5. The van der Waals surface area contributed by atoms with E-state index in [2.05, 4.69) is 30.0 Å². The summed E-state index contributed by atoms with van der Waals surface area (Å²) in [6.45, 7) is 3.16. The van der Waals surface area contributed by atoms with Crippen LogP contribution in [-0.2, 0) is 9.47 Å². The molecule has 37 heavy (non-hydrogen) atoms. The second-order valence-electron chi connectivity index (χ2n) is 8.86. The van der Waals surface area contributed by atoms with Gasteiger partial charge in [0.25, 0.3) is 5.91 Å². The molecule has 1 amide bonds. The fraction of sp³-hybridized carbons (Fsp3) is 0.458. The molecule has 0 unspecified atom stereocenters. The van der Waals surface area contributed by atoms with E-state index in [0.717, 1.165) is 45.2 Å². The number of benzene rings is 1. The van der Waals surface area contributed by atoms with Gasteiger partial charge in [0.1, 0.15) is 17.1 Å². The Bertz CT molecular complexity index is 1210. The highest BCUT2D eigenvalue weighted by Crippen LogP contribution is 2.44. The minimum absolute atomic E-state index is 0.0268. The Labute approximate surface area is 211 Å². The number of esters is 1. The molecule has 2 saturated heterocycles. The first-order valence-corrected chi connectivity index (χ1v) is 11.7. The maximum atomic E-state index is 13.6. The number of anilines is 2. The minimum Gasteiger partial charge on any atom is -0.496 e. The van der Waals surface area contributed by atoms with Gasteiger partial charge in [-0.3, -0.25) is 9.69 Å². The fourth-order valence-electron chi connectivity index (χ4n) is 4.59. The molecule has 2 aromatic rings. The molecule has 0 saturated carbocycles. The van der Waals surface area contributed by atoms with Crippen LogP contribution in [0, 0.1) is 0 Å². The molecule has 3 aliphatic heterocycles. The second-order valence-corrected chi connectivity index (χ2v) is 8.86. The summed E-state index contributed by atoms with van der Waals surface area (Å²) in [5.41, 5.74) is -0.214. The number of alkyl halides is 2. The van der Waals surface area contributed by atoms with E-state index in [1.165, 1.54) is 19.4 Å². The molecule has 0 spiro atoms. The van der Waals surface area contributed by atoms with Crippen molar-refractivity contribution in [2.75, 3.05) is 51.2 Å². The number of carbonyl (C=O) groups excluding carboxylic acids is 2. The number of pyridine rings is 1. The van der Waals surface area contributed by atoms with Crippen molar-refractivity contribution in [3.63, 3.8) is 0 Å². The maximum absolute atomic E-state index is 13.6. The topological polar surface area (TPSA) is 120 Å². The Kier molecular flexibility index (Phi) is 6.73. The molecule has 11 nitrogen and oxygen atoms in total. The van der Waals surface area contributed by atoms with Crippen molar-refractivity contribution >= 4 is 23.4 Å². The molecule has 2 fully saturated rings. The van der Waals surface area contributed by atoms with E-state index in [1.54, 1.807) is 0 Å². The lowest BCUT2D eigenvalue weighted by molar-refractivity contribution is -0.286. The number of methoxy groups -OCH3 is 2. The number of nitrogens with zero attached hydrogens (tertiary/aromatic N) is 2. The highest BCUT2D eigenvalue weighted by atomic mass is 19.3. The third kappa shape index (κ3) is 5.09. The van der Waals surface area contributed by atoms with Gasteiger partial charge < -0.3 is 34.3 Å². The van der Waals surface area contributed by atoms with Crippen LogP contribution in [0.3, 0.4) is 0 Å². The van der Waals surface area contributed by atoms with Gasteiger partial charge in [0, 0.05) is 30.9 Å². The highest BCUT2D eigenvalue weighted by molar-refractivity contribution is 6.12. The van der Waals surface area contributed by atoms with Gasteiger partial charge in [0.05, 0.1) is 44.7 Å². The minimum atomic E-state index is -3.90. The normalized spacial score (nSPS) is 20.6. The zero-order chi connectivity index (χ0) is 26.2. The Morgan fingerprint density at radius 1 is 1.19 bits per heavy atom. The van der Waals surface area contributed by atoms with Crippen LogP contribution < -0.4 is 24.8 Å². The van der Waals surface area contributed by atoms with E-state index in [9.17, 15) is 18.4 Å². The summed E-state index contributed by atoms with van der Waals surface area (Å²) >= 11 is 0. The van der Waals surface area contributed by atoms with Crippen molar-refractivity contribution in [3.05, 3.63) is 35.5 Å². The van der Waals surface area contributed by atoms with E-state index in [4.69, 9.17) is 14.2 Å². The summed E-state index contributed by atoms with van der Waals surface area (Å²) in [7, 11) is 2.54. The highest BCUT2D eigenvalue weighted by Gasteiger charge is 2.44. The Morgan fingerprint density at radius 3 is 2.62 bits per heavy atom. The van der Waals surface area contributed by atoms with Gasteiger partial charge >= 0.3 is 12.3 Å². The number of fused-ring (bicyclic) bond motifs is 1. The SMILES string of the molecule is COC(=O)c1cc2c(cc1NC(=O)c1c(OC)ccnc1N[C@@H]1CCCN(C3COC3)C1)OC(F)(F)O2. The van der Waals surface area contributed by atoms with Gasteiger partial charge in [-0.05, 0) is 25.5 Å². The van der Waals surface area contributed by atoms with E-state index in [1.807, 2.05) is 0 Å². The van der Waals surface area contributed by atoms with Crippen molar-refractivity contribution < 1.29 is 42.1 Å². The molecule has 1 aromatic carbocycles. The number of piperidine rings is 1. The van der Waals surface area contributed by atoms with Crippen LogP contribution in [0.25, 0.3) is 0 Å². The first-order chi connectivity index (χ1) is 17.8. The average Bonchev–Trinajstić information content (AvgIpc) is 3.14. The lowest BCUT2D eigenvalue weighted by Gasteiger charge is -2.42. The van der Waals surface area contributed by atoms with Crippen LogP contribution in [0.2, 0.25) is 0 Å². The third-order valence-electron chi connectivity index (χ3n) is 6.49. The number of carbonyl (C=O) groups is 2. The van der Waals surface area contributed by atoms with Crippen LogP contribution in [0.1, 0.15) is 33.6 Å². The van der Waals surface area contributed by atoms with Crippen molar-refractivity contribution in [1.29, 1.82) is 0 Å². The van der Waals surface area contributed by atoms with Crippen molar-refractivity contribution in [2.24, 2.45) is 0 Å². The molecule has 4 heterocycles. The summed E-state index contributed by atoms with van der Waals surface area (Å²) in [6.07, 6.45) is -0.529. The van der Waals surface area contributed by atoms with Gasteiger partial charge in [-0.1, -0.05) is 0 Å². The van der Waals surface area contributed by atoms with Crippen LogP contribution in [0.4, 0.5) is 20.3 Å². The molecule has 13 heteroatoms. The van der Waals surface area contributed by atoms with Crippen LogP contribution >= 0.6 is 0 Å². The van der Waals surface area contributed by atoms with Crippen molar-refractivity contribution in [2.45, 2.75) is 31.2 Å². The number of likely N-dealkylation sites (tertiary alicyclic amines) is 1. The van der Waals surface area contributed by atoms with Gasteiger partial charge in [0.15, 0.2) is 11.5 Å². The molecule has 0 aliphatic carbocycles. The molecule has 1 aromatic heterocycles. The zero-order valence-corrected chi connectivity index (χ0v) is 20.2. The Balaban J connectivity index is 1.42. The molecule has 5 rings (SSSR count). The number of hydrogen-bond acceptors (Lipinski definition) is 10. The summed E-state index contributed by atoms with van der Waals surface area (Å²) in [5.74, 6) is -1.71. The second kappa shape index (κ2) is 9.98. The first-order valence-electron chi connectivity index (χ1n) is 11.7. The molecule has 1 atom stereocenters. The number of aromatic nitrogens is 1. The number of nitrogens with one attached hydrogen (secondary N) is 2. The fourth-order valence-corrected chi connectivity index (χ4v) is 4.59. The Morgan fingerprint density at radius 2 is 1.95 bits per heavy atom. The Hall–Kier alpha value is -3.71. The molecule has 0 radical (unpaired) electrons. The maximum Gasteiger partial charge on any atom is 0.586 e. The van der Waals surface area contributed by atoms with Crippen LogP contribution in [0.5, 0.6) is 17.2 Å². The summed E-state index contributed by atoms with van der Waals surface area (Å²) < 4.78 is 51.6. The first kappa shape index (κ1) is 25.0. The monoisotopic (exact) mass is 520 g/mol. The third-order valence-corrected chi connectivity index (χ3v) is 6.49. The molecule has 3 aliphatic rings. The molecule has 198 valence electrons. The van der Waals surface area contributed by atoms with E-state index in [-0.39, 0.29) is 40.1 Å². The number of amides is 1.